The second-order valence-electron chi connectivity index (χ2n) is 4.72. The average molecular weight is 327 g/mol. The van der Waals surface area contributed by atoms with Crippen molar-refractivity contribution in [3.8, 4) is 0 Å². The van der Waals surface area contributed by atoms with Crippen LogP contribution in [0.4, 0.5) is 5.82 Å². The van der Waals surface area contributed by atoms with Crippen LogP contribution in [0.25, 0.3) is 5.52 Å². The van der Waals surface area contributed by atoms with E-state index in [1.165, 1.54) is 6.33 Å². The summed E-state index contributed by atoms with van der Waals surface area (Å²) in [4.78, 5) is 3.97. The first-order valence-corrected chi connectivity index (χ1v) is 7.01. The average Bonchev–Trinajstić information content (AvgIpc) is 2.78. The minimum absolute atomic E-state index is 0.190. The van der Waals surface area contributed by atoms with Crippen LogP contribution in [0.3, 0.4) is 0 Å². The molecule has 1 fully saturated rings. The molecule has 0 saturated carbocycles. The van der Waals surface area contributed by atoms with Crippen LogP contribution < -0.4 is 5.73 Å². The summed E-state index contributed by atoms with van der Waals surface area (Å²) in [7, 11) is 0. The van der Waals surface area contributed by atoms with Gasteiger partial charge in [0, 0.05) is 17.7 Å². The predicted octanol–water partition coefficient (Wildman–Crippen LogP) is 1.53. The Bertz CT molecular complexity index is 595. The summed E-state index contributed by atoms with van der Waals surface area (Å²) in [5.41, 5.74) is 7.28. The highest BCUT2D eigenvalue weighted by Crippen LogP contribution is 2.34. The normalized spacial score (nSPS) is 18.8. The van der Waals surface area contributed by atoms with Gasteiger partial charge in [0.05, 0.1) is 11.8 Å². The minimum atomic E-state index is -0.572. The van der Waals surface area contributed by atoms with Gasteiger partial charge in [0.25, 0.3) is 0 Å². The van der Waals surface area contributed by atoms with Crippen molar-refractivity contribution in [2.24, 2.45) is 5.92 Å². The Labute approximate surface area is 118 Å². The number of hydrogen-bond donors (Lipinski definition) is 2. The highest BCUT2D eigenvalue weighted by atomic mass is 79.9. The van der Waals surface area contributed by atoms with E-state index in [9.17, 15) is 5.11 Å². The van der Waals surface area contributed by atoms with Crippen LogP contribution in [0.2, 0.25) is 0 Å². The molecule has 0 radical (unpaired) electrons. The molecule has 1 aliphatic heterocycles. The van der Waals surface area contributed by atoms with Crippen LogP contribution in [0.15, 0.2) is 16.9 Å². The van der Waals surface area contributed by atoms with E-state index in [1.54, 1.807) is 4.52 Å². The van der Waals surface area contributed by atoms with E-state index in [0.717, 1.165) is 23.0 Å². The number of aliphatic hydroxyl groups excluding tert-OH is 1. The van der Waals surface area contributed by atoms with Gasteiger partial charge >= 0.3 is 0 Å². The molecule has 1 aliphatic rings. The van der Waals surface area contributed by atoms with E-state index in [0.29, 0.717) is 24.5 Å². The fourth-order valence-electron chi connectivity index (χ4n) is 2.53. The molecule has 0 aliphatic carbocycles. The fraction of sp³-hybridized carbons (Fsp3) is 0.500. The number of ether oxygens (including phenoxy) is 1. The summed E-state index contributed by atoms with van der Waals surface area (Å²) in [6.07, 6.45) is 2.53. The molecule has 0 amide bonds. The standard InChI is InChI=1S/C12H15BrN4O2/c13-8-5-9(11(18)7-1-3-19-4-2-7)17-10(8)12(14)15-6-16-17/h5-7,11,18H,1-4H2,(H2,14,15,16). The molecule has 2 aromatic heterocycles. The van der Waals surface area contributed by atoms with Gasteiger partial charge in [-0.1, -0.05) is 0 Å². The lowest BCUT2D eigenvalue weighted by Gasteiger charge is -2.26. The second kappa shape index (κ2) is 5.07. The SMILES string of the molecule is Nc1ncnn2c(C(O)C3CCOCC3)cc(Br)c12. The summed E-state index contributed by atoms with van der Waals surface area (Å²) in [6, 6.07) is 1.86. The molecule has 0 bridgehead atoms. The van der Waals surface area contributed by atoms with Crippen LogP contribution >= 0.6 is 15.9 Å². The Morgan fingerprint density at radius 3 is 2.95 bits per heavy atom. The van der Waals surface area contributed by atoms with Crippen LogP contribution in [0, 0.1) is 5.92 Å². The maximum absolute atomic E-state index is 10.5. The van der Waals surface area contributed by atoms with Gasteiger partial charge in [-0.05, 0) is 40.8 Å². The molecule has 0 spiro atoms. The van der Waals surface area contributed by atoms with E-state index < -0.39 is 6.10 Å². The molecule has 3 N–H and O–H groups in total. The van der Waals surface area contributed by atoms with Crippen molar-refractivity contribution in [2.45, 2.75) is 18.9 Å². The lowest BCUT2D eigenvalue weighted by atomic mass is 9.92. The van der Waals surface area contributed by atoms with Crippen molar-refractivity contribution in [2.75, 3.05) is 18.9 Å². The number of nitrogens with zero attached hydrogens (tertiary/aromatic N) is 3. The number of hydrogen-bond acceptors (Lipinski definition) is 5. The van der Waals surface area contributed by atoms with Crippen molar-refractivity contribution in [1.82, 2.24) is 14.6 Å². The van der Waals surface area contributed by atoms with Crippen LogP contribution in [0.5, 0.6) is 0 Å². The monoisotopic (exact) mass is 326 g/mol. The maximum atomic E-state index is 10.5. The Kier molecular flexibility index (Phi) is 3.42. The molecule has 1 unspecified atom stereocenters. The molecule has 7 heteroatoms. The van der Waals surface area contributed by atoms with E-state index in [4.69, 9.17) is 10.5 Å². The van der Waals surface area contributed by atoms with E-state index >= 15 is 0 Å². The molecule has 3 rings (SSSR count). The van der Waals surface area contributed by atoms with Gasteiger partial charge in [-0.15, -0.1) is 0 Å². The topological polar surface area (TPSA) is 85.7 Å². The number of nitrogens with two attached hydrogens (primary N) is 1. The van der Waals surface area contributed by atoms with Crippen LogP contribution in [-0.4, -0.2) is 32.9 Å². The molecule has 19 heavy (non-hydrogen) atoms. The van der Waals surface area contributed by atoms with Gasteiger partial charge in [0.15, 0.2) is 5.82 Å². The third-order valence-electron chi connectivity index (χ3n) is 3.58. The first-order valence-electron chi connectivity index (χ1n) is 6.22. The zero-order chi connectivity index (χ0) is 13.4. The summed E-state index contributed by atoms with van der Waals surface area (Å²) >= 11 is 3.44. The Balaban J connectivity index is 2.02. The van der Waals surface area contributed by atoms with Gasteiger partial charge in [-0.3, -0.25) is 0 Å². The first kappa shape index (κ1) is 12.8. The Morgan fingerprint density at radius 2 is 2.21 bits per heavy atom. The number of fused-ring (bicyclic) bond motifs is 1. The minimum Gasteiger partial charge on any atom is -0.387 e. The third-order valence-corrected chi connectivity index (χ3v) is 4.18. The number of aromatic nitrogens is 3. The van der Waals surface area contributed by atoms with Crippen molar-refractivity contribution < 1.29 is 9.84 Å². The molecule has 6 nitrogen and oxygen atoms in total. The fourth-order valence-corrected chi connectivity index (χ4v) is 3.13. The van der Waals surface area contributed by atoms with Crippen molar-refractivity contribution in [3.63, 3.8) is 0 Å². The predicted molar refractivity (Wildman–Crippen MR) is 73.6 cm³/mol. The highest BCUT2D eigenvalue weighted by molar-refractivity contribution is 9.10. The number of anilines is 1. The number of rotatable bonds is 2. The zero-order valence-electron chi connectivity index (χ0n) is 10.3. The number of aliphatic hydroxyl groups is 1. The molecule has 2 aromatic rings. The summed E-state index contributed by atoms with van der Waals surface area (Å²) in [5, 5.41) is 14.7. The van der Waals surface area contributed by atoms with Crippen molar-refractivity contribution >= 4 is 27.3 Å². The zero-order valence-corrected chi connectivity index (χ0v) is 11.9. The second-order valence-corrected chi connectivity index (χ2v) is 5.57. The van der Waals surface area contributed by atoms with Crippen LogP contribution in [0.1, 0.15) is 24.6 Å². The molecule has 3 heterocycles. The largest absolute Gasteiger partial charge is 0.387 e. The van der Waals surface area contributed by atoms with E-state index in [1.807, 2.05) is 6.07 Å². The smallest absolute Gasteiger partial charge is 0.152 e. The van der Waals surface area contributed by atoms with Gasteiger partial charge in [0.2, 0.25) is 0 Å². The van der Waals surface area contributed by atoms with E-state index in [-0.39, 0.29) is 5.92 Å². The Hall–Kier alpha value is -1.18. The van der Waals surface area contributed by atoms with Gasteiger partial charge in [-0.25, -0.2) is 9.50 Å². The van der Waals surface area contributed by atoms with Gasteiger partial charge < -0.3 is 15.6 Å². The molecular formula is C12H15BrN4O2. The first-order chi connectivity index (χ1) is 9.18. The van der Waals surface area contributed by atoms with Crippen molar-refractivity contribution in [3.05, 3.63) is 22.6 Å². The summed E-state index contributed by atoms with van der Waals surface area (Å²) < 4.78 is 7.78. The van der Waals surface area contributed by atoms with Crippen molar-refractivity contribution in [1.29, 1.82) is 0 Å². The number of halogens is 1. The van der Waals surface area contributed by atoms with Crippen LogP contribution in [-0.2, 0) is 4.74 Å². The molecular weight excluding hydrogens is 312 g/mol. The lowest BCUT2D eigenvalue weighted by Crippen LogP contribution is -2.23. The molecule has 1 atom stereocenters. The van der Waals surface area contributed by atoms with E-state index in [2.05, 4.69) is 26.0 Å². The summed E-state index contributed by atoms with van der Waals surface area (Å²) in [5.74, 6) is 0.585. The Morgan fingerprint density at radius 1 is 1.47 bits per heavy atom. The molecule has 102 valence electrons. The third kappa shape index (κ3) is 2.22. The molecule has 0 aromatic carbocycles. The molecule has 1 saturated heterocycles. The quantitative estimate of drug-likeness (QED) is 0.874. The summed E-state index contributed by atoms with van der Waals surface area (Å²) in [6.45, 7) is 1.40. The maximum Gasteiger partial charge on any atom is 0.152 e. The van der Waals surface area contributed by atoms with Gasteiger partial charge in [0.1, 0.15) is 11.8 Å². The highest BCUT2D eigenvalue weighted by Gasteiger charge is 2.27. The van der Waals surface area contributed by atoms with Gasteiger partial charge in [-0.2, -0.15) is 5.10 Å². The lowest BCUT2D eigenvalue weighted by molar-refractivity contribution is 0.00494. The number of nitrogen functional groups attached to an aromatic ring is 1.